The highest BCUT2D eigenvalue weighted by atomic mass is 19.1. The maximum atomic E-state index is 13.6. The highest BCUT2D eigenvalue weighted by Gasteiger charge is 2.28. The number of benzene rings is 2. The minimum atomic E-state index is -0.554. The standard InChI is InChI=1S/C17H19F/c1-13-4-8-15(9-5-13)17(3,12-18)16-10-6-14(2)7-11-16/h4-11H,12H2,1-3H3. The summed E-state index contributed by atoms with van der Waals surface area (Å²) in [5.74, 6) is 0. The summed E-state index contributed by atoms with van der Waals surface area (Å²) in [5.41, 5.74) is 3.90. The van der Waals surface area contributed by atoms with E-state index in [1.54, 1.807) is 0 Å². The molecule has 0 aromatic heterocycles. The topological polar surface area (TPSA) is 0 Å². The molecule has 0 saturated heterocycles. The highest BCUT2D eigenvalue weighted by Crippen LogP contribution is 2.32. The van der Waals surface area contributed by atoms with E-state index in [-0.39, 0.29) is 6.67 Å². The van der Waals surface area contributed by atoms with Crippen molar-refractivity contribution in [2.24, 2.45) is 0 Å². The molecule has 0 heterocycles. The zero-order chi connectivity index (χ0) is 13.2. The van der Waals surface area contributed by atoms with E-state index >= 15 is 0 Å². The van der Waals surface area contributed by atoms with Crippen molar-refractivity contribution in [3.8, 4) is 0 Å². The van der Waals surface area contributed by atoms with Gasteiger partial charge in [-0.2, -0.15) is 0 Å². The van der Waals surface area contributed by atoms with E-state index in [1.165, 1.54) is 11.1 Å². The van der Waals surface area contributed by atoms with Crippen LogP contribution >= 0.6 is 0 Å². The number of hydrogen-bond acceptors (Lipinski definition) is 0. The molecule has 0 amide bonds. The van der Waals surface area contributed by atoms with Crippen molar-refractivity contribution in [1.29, 1.82) is 0 Å². The van der Waals surface area contributed by atoms with Gasteiger partial charge >= 0.3 is 0 Å². The normalized spacial score (nSPS) is 11.6. The van der Waals surface area contributed by atoms with Crippen molar-refractivity contribution < 1.29 is 4.39 Å². The molecule has 2 rings (SSSR count). The monoisotopic (exact) mass is 242 g/mol. The van der Waals surface area contributed by atoms with Crippen LogP contribution in [0.1, 0.15) is 29.2 Å². The molecule has 0 spiro atoms. The third-order valence-corrected chi connectivity index (χ3v) is 3.64. The van der Waals surface area contributed by atoms with E-state index in [4.69, 9.17) is 0 Å². The molecule has 0 fully saturated rings. The molecule has 2 aromatic carbocycles. The molecule has 0 radical (unpaired) electrons. The molecule has 18 heavy (non-hydrogen) atoms. The summed E-state index contributed by atoms with van der Waals surface area (Å²) < 4.78 is 13.6. The predicted octanol–water partition coefficient (Wildman–Crippen LogP) is 4.58. The van der Waals surface area contributed by atoms with Gasteiger partial charge in [-0.25, -0.2) is 4.39 Å². The van der Waals surface area contributed by atoms with Gasteiger partial charge in [0.2, 0.25) is 0 Å². The Labute approximate surface area is 108 Å². The van der Waals surface area contributed by atoms with Crippen molar-refractivity contribution in [2.75, 3.05) is 6.67 Å². The van der Waals surface area contributed by atoms with Crippen LogP contribution in [0, 0.1) is 13.8 Å². The van der Waals surface area contributed by atoms with Crippen LogP contribution in [0.4, 0.5) is 4.39 Å². The zero-order valence-electron chi connectivity index (χ0n) is 11.2. The Bertz CT molecular complexity index is 463. The molecule has 0 nitrogen and oxygen atoms in total. The van der Waals surface area contributed by atoms with Crippen LogP contribution in [0.25, 0.3) is 0 Å². The van der Waals surface area contributed by atoms with Gasteiger partial charge in [-0.15, -0.1) is 0 Å². The van der Waals surface area contributed by atoms with Crippen LogP contribution in [-0.4, -0.2) is 6.67 Å². The van der Waals surface area contributed by atoms with Crippen LogP contribution in [0.2, 0.25) is 0 Å². The third-order valence-electron chi connectivity index (χ3n) is 3.64. The van der Waals surface area contributed by atoms with Crippen LogP contribution in [-0.2, 0) is 5.41 Å². The Balaban J connectivity index is 2.47. The Kier molecular flexibility index (Phi) is 3.51. The van der Waals surface area contributed by atoms with E-state index in [1.807, 2.05) is 69.3 Å². The molecule has 0 N–H and O–H groups in total. The molecule has 0 bridgehead atoms. The summed E-state index contributed by atoms with van der Waals surface area (Å²) in [6.45, 7) is 5.66. The van der Waals surface area contributed by atoms with Gasteiger partial charge in [0.15, 0.2) is 0 Å². The lowest BCUT2D eigenvalue weighted by Gasteiger charge is -2.28. The average Bonchev–Trinajstić information content (AvgIpc) is 2.39. The number of alkyl halides is 1. The number of hydrogen-bond donors (Lipinski definition) is 0. The second kappa shape index (κ2) is 4.93. The smallest absolute Gasteiger partial charge is 0.103 e. The summed E-state index contributed by atoms with van der Waals surface area (Å²) in [6, 6.07) is 16.2. The number of rotatable bonds is 3. The molecular formula is C17H19F. The second-order valence-electron chi connectivity index (χ2n) is 5.20. The van der Waals surface area contributed by atoms with Crippen LogP contribution in [0.15, 0.2) is 48.5 Å². The first-order valence-electron chi connectivity index (χ1n) is 6.26. The summed E-state index contributed by atoms with van der Waals surface area (Å²) in [6.07, 6.45) is 0. The zero-order valence-corrected chi connectivity index (χ0v) is 11.2. The van der Waals surface area contributed by atoms with Crippen molar-refractivity contribution in [3.63, 3.8) is 0 Å². The average molecular weight is 242 g/mol. The first-order valence-corrected chi connectivity index (χ1v) is 6.26. The fourth-order valence-corrected chi connectivity index (χ4v) is 2.16. The minimum Gasteiger partial charge on any atom is -0.250 e. The molecule has 0 saturated carbocycles. The van der Waals surface area contributed by atoms with Crippen molar-refractivity contribution in [1.82, 2.24) is 0 Å². The van der Waals surface area contributed by atoms with Gasteiger partial charge in [-0.3, -0.25) is 0 Å². The third kappa shape index (κ3) is 2.31. The molecule has 0 aliphatic carbocycles. The fraction of sp³-hybridized carbons (Fsp3) is 0.294. The van der Waals surface area contributed by atoms with Gasteiger partial charge in [0, 0.05) is 5.41 Å². The molecule has 0 atom stereocenters. The quantitative estimate of drug-likeness (QED) is 0.739. The second-order valence-corrected chi connectivity index (χ2v) is 5.20. The molecule has 0 aliphatic rings. The summed E-state index contributed by atoms with van der Waals surface area (Å²) in [7, 11) is 0. The Morgan fingerprint density at radius 1 is 0.778 bits per heavy atom. The molecule has 1 heteroatoms. The van der Waals surface area contributed by atoms with E-state index in [9.17, 15) is 4.39 Å². The number of halogens is 1. The summed E-state index contributed by atoms with van der Waals surface area (Å²) in [5, 5.41) is 0. The molecule has 2 aromatic rings. The predicted molar refractivity (Wildman–Crippen MR) is 74.8 cm³/mol. The number of aryl methyl sites for hydroxylation is 2. The lowest BCUT2D eigenvalue weighted by molar-refractivity contribution is 0.373. The molecule has 94 valence electrons. The van der Waals surface area contributed by atoms with Crippen molar-refractivity contribution >= 4 is 0 Å². The summed E-state index contributed by atoms with van der Waals surface area (Å²) in [4.78, 5) is 0. The Morgan fingerprint density at radius 3 is 1.39 bits per heavy atom. The minimum absolute atomic E-state index is 0.390. The van der Waals surface area contributed by atoms with Gasteiger partial charge in [0.1, 0.15) is 6.67 Å². The fourth-order valence-electron chi connectivity index (χ4n) is 2.16. The first-order chi connectivity index (χ1) is 8.56. The maximum absolute atomic E-state index is 13.6. The van der Waals surface area contributed by atoms with Gasteiger partial charge in [-0.1, -0.05) is 59.7 Å². The molecule has 0 unspecified atom stereocenters. The maximum Gasteiger partial charge on any atom is 0.103 e. The lowest BCUT2D eigenvalue weighted by atomic mass is 9.77. The van der Waals surface area contributed by atoms with E-state index < -0.39 is 5.41 Å². The van der Waals surface area contributed by atoms with Crippen LogP contribution < -0.4 is 0 Å². The van der Waals surface area contributed by atoms with Crippen LogP contribution in [0.3, 0.4) is 0 Å². The van der Waals surface area contributed by atoms with Gasteiger partial charge < -0.3 is 0 Å². The largest absolute Gasteiger partial charge is 0.250 e. The first kappa shape index (κ1) is 12.8. The highest BCUT2D eigenvalue weighted by molar-refractivity contribution is 5.40. The molecule has 0 aliphatic heterocycles. The van der Waals surface area contributed by atoms with Gasteiger partial charge in [-0.05, 0) is 31.9 Å². The Morgan fingerprint density at radius 2 is 1.11 bits per heavy atom. The van der Waals surface area contributed by atoms with E-state index in [0.717, 1.165) is 11.1 Å². The SMILES string of the molecule is Cc1ccc(C(C)(CF)c2ccc(C)cc2)cc1. The van der Waals surface area contributed by atoms with Gasteiger partial charge in [0.05, 0.1) is 0 Å². The summed E-state index contributed by atoms with van der Waals surface area (Å²) >= 11 is 0. The Hall–Kier alpha value is -1.63. The van der Waals surface area contributed by atoms with Crippen molar-refractivity contribution in [3.05, 3.63) is 70.8 Å². The van der Waals surface area contributed by atoms with E-state index in [0.29, 0.717) is 0 Å². The molecular weight excluding hydrogens is 223 g/mol. The van der Waals surface area contributed by atoms with Crippen LogP contribution in [0.5, 0.6) is 0 Å². The van der Waals surface area contributed by atoms with Crippen molar-refractivity contribution in [2.45, 2.75) is 26.2 Å². The van der Waals surface area contributed by atoms with Gasteiger partial charge in [0.25, 0.3) is 0 Å². The lowest BCUT2D eigenvalue weighted by Crippen LogP contribution is -2.26. The van der Waals surface area contributed by atoms with E-state index in [2.05, 4.69) is 0 Å².